The van der Waals surface area contributed by atoms with E-state index in [-0.39, 0.29) is 11.7 Å². The summed E-state index contributed by atoms with van der Waals surface area (Å²) in [7, 11) is 1.57. The van der Waals surface area contributed by atoms with Crippen LogP contribution in [0.15, 0.2) is 66.7 Å². The lowest BCUT2D eigenvalue weighted by molar-refractivity contribution is 0.0712. The molecule has 0 spiro atoms. The van der Waals surface area contributed by atoms with Crippen molar-refractivity contribution in [1.82, 2.24) is 4.90 Å². The molecule has 0 aromatic heterocycles. The molecule has 3 aromatic rings. The maximum atomic E-state index is 13.1. The molecule has 1 aliphatic rings. The quantitative estimate of drug-likeness (QED) is 0.525. The van der Waals surface area contributed by atoms with Gasteiger partial charge in [-0.25, -0.2) is 0 Å². The fourth-order valence-corrected chi connectivity index (χ4v) is 4.13. The van der Waals surface area contributed by atoms with Gasteiger partial charge in [-0.2, -0.15) is 0 Å². The number of nitrogens with zero attached hydrogens (tertiary/aromatic N) is 1. The standard InChI is InChI=1S/C26H26ClNO4/c1-31-25-16-21(6-11-24(25)32-17-18-2-7-22(27)8-3-18)26(30)28-14-12-20(13-15-28)19-4-9-23(29)10-5-19/h2-11,16,20,29H,12-15,17H2,1H3. The first-order valence-corrected chi connectivity index (χ1v) is 11.0. The molecule has 1 aliphatic heterocycles. The van der Waals surface area contributed by atoms with Crippen molar-refractivity contribution in [2.45, 2.75) is 25.4 Å². The largest absolute Gasteiger partial charge is 0.508 e. The molecule has 166 valence electrons. The average molecular weight is 452 g/mol. The highest BCUT2D eigenvalue weighted by Gasteiger charge is 2.25. The number of aromatic hydroxyl groups is 1. The van der Waals surface area contributed by atoms with Crippen molar-refractivity contribution in [2.75, 3.05) is 20.2 Å². The Balaban J connectivity index is 1.38. The second-order valence-corrected chi connectivity index (χ2v) is 8.38. The monoisotopic (exact) mass is 451 g/mol. The third-order valence-electron chi connectivity index (χ3n) is 5.86. The predicted molar refractivity (Wildman–Crippen MR) is 125 cm³/mol. The molecule has 4 rings (SSSR count). The molecule has 5 nitrogen and oxygen atoms in total. The molecule has 6 heteroatoms. The summed E-state index contributed by atoms with van der Waals surface area (Å²) < 4.78 is 11.4. The first kappa shape index (κ1) is 22.0. The number of amides is 1. The first-order valence-electron chi connectivity index (χ1n) is 10.7. The minimum absolute atomic E-state index is 0.00305. The van der Waals surface area contributed by atoms with Crippen LogP contribution in [0, 0.1) is 0 Å². The van der Waals surface area contributed by atoms with Crippen LogP contribution in [-0.4, -0.2) is 36.1 Å². The van der Waals surface area contributed by atoms with Gasteiger partial charge in [-0.15, -0.1) is 0 Å². The average Bonchev–Trinajstić information content (AvgIpc) is 2.84. The van der Waals surface area contributed by atoms with Crippen molar-refractivity contribution in [2.24, 2.45) is 0 Å². The lowest BCUT2D eigenvalue weighted by Crippen LogP contribution is -2.37. The Morgan fingerprint density at radius 3 is 2.34 bits per heavy atom. The molecule has 1 fully saturated rings. The SMILES string of the molecule is COc1cc(C(=O)N2CCC(c3ccc(O)cc3)CC2)ccc1OCc1ccc(Cl)cc1. The van der Waals surface area contributed by atoms with Gasteiger partial charge in [0.05, 0.1) is 7.11 Å². The van der Waals surface area contributed by atoms with E-state index >= 15 is 0 Å². The second kappa shape index (κ2) is 9.96. The van der Waals surface area contributed by atoms with Gasteiger partial charge in [0.15, 0.2) is 11.5 Å². The summed E-state index contributed by atoms with van der Waals surface area (Å²) in [4.78, 5) is 15.0. The Morgan fingerprint density at radius 2 is 1.69 bits per heavy atom. The Bertz CT molecular complexity index is 1060. The molecule has 0 aliphatic carbocycles. The molecule has 0 saturated carbocycles. The van der Waals surface area contributed by atoms with Crippen molar-refractivity contribution in [3.8, 4) is 17.2 Å². The molecule has 32 heavy (non-hydrogen) atoms. The highest BCUT2D eigenvalue weighted by Crippen LogP contribution is 2.32. The number of ether oxygens (including phenoxy) is 2. The van der Waals surface area contributed by atoms with Gasteiger partial charge in [0.25, 0.3) is 5.91 Å². The molecule has 3 aromatic carbocycles. The number of piperidine rings is 1. The zero-order valence-electron chi connectivity index (χ0n) is 18.0. The number of carbonyl (C=O) groups excluding carboxylic acids is 1. The topological polar surface area (TPSA) is 59.0 Å². The maximum Gasteiger partial charge on any atom is 0.253 e. The minimum Gasteiger partial charge on any atom is -0.508 e. The lowest BCUT2D eigenvalue weighted by Gasteiger charge is -2.32. The highest BCUT2D eigenvalue weighted by molar-refractivity contribution is 6.30. The summed E-state index contributed by atoms with van der Waals surface area (Å²) in [5.74, 6) is 1.79. The van der Waals surface area contributed by atoms with Crippen LogP contribution in [0.5, 0.6) is 17.2 Å². The van der Waals surface area contributed by atoms with Crippen LogP contribution >= 0.6 is 11.6 Å². The Kier molecular flexibility index (Phi) is 6.86. The predicted octanol–water partition coefficient (Wildman–Crippen LogP) is 5.65. The van der Waals surface area contributed by atoms with Gasteiger partial charge < -0.3 is 19.5 Å². The van der Waals surface area contributed by atoms with Crippen molar-refractivity contribution < 1.29 is 19.4 Å². The maximum absolute atomic E-state index is 13.1. The number of hydrogen-bond acceptors (Lipinski definition) is 4. The third-order valence-corrected chi connectivity index (χ3v) is 6.12. The number of phenols is 1. The normalized spacial score (nSPS) is 14.2. The number of hydrogen-bond donors (Lipinski definition) is 1. The molecule has 1 saturated heterocycles. The molecule has 0 radical (unpaired) electrons. The van der Waals surface area contributed by atoms with Gasteiger partial charge >= 0.3 is 0 Å². The summed E-state index contributed by atoms with van der Waals surface area (Å²) in [5, 5.41) is 10.2. The number of benzene rings is 3. The number of methoxy groups -OCH3 is 1. The number of rotatable bonds is 6. The zero-order valence-corrected chi connectivity index (χ0v) is 18.7. The van der Waals surface area contributed by atoms with Gasteiger partial charge in [0.1, 0.15) is 12.4 Å². The molecular formula is C26H26ClNO4. The molecule has 0 bridgehead atoms. The van der Waals surface area contributed by atoms with Crippen molar-refractivity contribution in [1.29, 1.82) is 0 Å². The first-order chi connectivity index (χ1) is 15.5. The van der Waals surface area contributed by atoms with E-state index in [1.807, 2.05) is 41.3 Å². The van der Waals surface area contributed by atoms with E-state index in [9.17, 15) is 9.90 Å². The summed E-state index contributed by atoms with van der Waals surface area (Å²) >= 11 is 5.93. The highest BCUT2D eigenvalue weighted by atomic mass is 35.5. The number of carbonyl (C=O) groups is 1. The van der Waals surface area contributed by atoms with Crippen LogP contribution in [0.4, 0.5) is 0 Å². The van der Waals surface area contributed by atoms with Gasteiger partial charge in [0, 0.05) is 23.7 Å². The van der Waals surface area contributed by atoms with Gasteiger partial charge in [-0.05, 0) is 72.4 Å². The van der Waals surface area contributed by atoms with E-state index < -0.39 is 0 Å². The number of phenolic OH excluding ortho intramolecular Hbond substituents is 1. The molecule has 1 N–H and O–H groups in total. The Labute approximate surface area is 193 Å². The lowest BCUT2D eigenvalue weighted by atomic mass is 9.89. The summed E-state index contributed by atoms with van der Waals surface area (Å²) in [6.07, 6.45) is 1.80. The second-order valence-electron chi connectivity index (χ2n) is 7.94. The van der Waals surface area contributed by atoms with E-state index in [1.165, 1.54) is 5.56 Å². The molecular weight excluding hydrogens is 426 g/mol. The van der Waals surface area contributed by atoms with Crippen LogP contribution < -0.4 is 9.47 Å². The van der Waals surface area contributed by atoms with Crippen LogP contribution in [0.2, 0.25) is 5.02 Å². The van der Waals surface area contributed by atoms with Crippen molar-refractivity contribution in [3.05, 3.63) is 88.4 Å². The van der Waals surface area contributed by atoms with Gasteiger partial charge in [-0.3, -0.25) is 4.79 Å². The van der Waals surface area contributed by atoms with E-state index in [4.69, 9.17) is 21.1 Å². The summed E-state index contributed by atoms with van der Waals surface area (Å²) in [6.45, 7) is 1.77. The third kappa shape index (κ3) is 5.17. The molecule has 0 atom stereocenters. The van der Waals surface area contributed by atoms with Crippen LogP contribution in [0.3, 0.4) is 0 Å². The van der Waals surface area contributed by atoms with Crippen molar-refractivity contribution >= 4 is 17.5 Å². The van der Waals surface area contributed by atoms with E-state index in [0.29, 0.717) is 47.7 Å². The summed E-state index contributed by atoms with van der Waals surface area (Å²) in [5.41, 5.74) is 2.79. The number of halogens is 1. The smallest absolute Gasteiger partial charge is 0.253 e. The van der Waals surface area contributed by atoms with Crippen LogP contribution in [-0.2, 0) is 6.61 Å². The zero-order chi connectivity index (χ0) is 22.5. The summed E-state index contributed by atoms with van der Waals surface area (Å²) in [6, 6.07) is 20.1. The minimum atomic E-state index is -0.00305. The molecule has 0 unspecified atom stereocenters. The molecule has 1 heterocycles. The molecule has 1 amide bonds. The van der Waals surface area contributed by atoms with E-state index in [0.717, 1.165) is 18.4 Å². The van der Waals surface area contributed by atoms with Crippen LogP contribution in [0.25, 0.3) is 0 Å². The van der Waals surface area contributed by atoms with Crippen molar-refractivity contribution in [3.63, 3.8) is 0 Å². The van der Waals surface area contributed by atoms with E-state index in [1.54, 1.807) is 37.4 Å². The Morgan fingerprint density at radius 1 is 1.00 bits per heavy atom. The van der Waals surface area contributed by atoms with Gasteiger partial charge in [-0.1, -0.05) is 35.9 Å². The fraction of sp³-hybridized carbons (Fsp3) is 0.269. The van der Waals surface area contributed by atoms with Crippen LogP contribution in [0.1, 0.15) is 40.2 Å². The van der Waals surface area contributed by atoms with E-state index in [2.05, 4.69) is 0 Å². The Hall–Kier alpha value is -3.18. The number of likely N-dealkylation sites (tertiary alicyclic amines) is 1. The van der Waals surface area contributed by atoms with Gasteiger partial charge in [0.2, 0.25) is 0 Å². The fourth-order valence-electron chi connectivity index (χ4n) is 4.01.